The van der Waals surface area contributed by atoms with Crippen LogP contribution in [-0.4, -0.2) is 4.98 Å². The van der Waals surface area contributed by atoms with Gasteiger partial charge in [0.1, 0.15) is 0 Å². The van der Waals surface area contributed by atoms with Crippen LogP contribution in [0.3, 0.4) is 0 Å². The zero-order chi connectivity index (χ0) is 13.1. The van der Waals surface area contributed by atoms with E-state index in [0.29, 0.717) is 0 Å². The number of benzene rings is 2. The van der Waals surface area contributed by atoms with E-state index >= 15 is 0 Å². The molecule has 2 nitrogen and oxygen atoms in total. The molecule has 0 radical (unpaired) electrons. The number of nitrogens with one attached hydrogen (secondary N) is 1. The van der Waals surface area contributed by atoms with E-state index < -0.39 is 0 Å². The van der Waals surface area contributed by atoms with Crippen molar-refractivity contribution in [3.8, 4) is 0 Å². The lowest BCUT2D eigenvalue weighted by Crippen LogP contribution is -2.01. The van der Waals surface area contributed by atoms with Crippen LogP contribution in [0.1, 0.15) is 11.1 Å². The van der Waals surface area contributed by atoms with Crippen molar-refractivity contribution in [2.24, 2.45) is 0 Å². The number of nitrogens with zero attached hydrogens (tertiary/aromatic N) is 1. The third-order valence-corrected chi connectivity index (χ3v) is 3.38. The molecular formula is C17H16N2. The maximum Gasteiger partial charge on any atom is 0.0418 e. The summed E-state index contributed by atoms with van der Waals surface area (Å²) in [7, 11) is 0. The molecule has 3 rings (SSSR count). The van der Waals surface area contributed by atoms with Crippen LogP contribution in [0.2, 0.25) is 0 Å². The molecule has 1 heterocycles. The third kappa shape index (κ3) is 2.58. The number of rotatable bonds is 3. The van der Waals surface area contributed by atoms with Gasteiger partial charge in [-0.25, -0.2) is 0 Å². The first-order valence-electron chi connectivity index (χ1n) is 6.45. The van der Waals surface area contributed by atoms with E-state index in [4.69, 9.17) is 0 Å². The summed E-state index contributed by atoms with van der Waals surface area (Å²) in [6, 6.07) is 16.9. The van der Waals surface area contributed by atoms with Crippen molar-refractivity contribution in [2.45, 2.75) is 13.5 Å². The minimum atomic E-state index is 0.804. The highest BCUT2D eigenvalue weighted by atomic mass is 14.9. The second-order valence-corrected chi connectivity index (χ2v) is 4.72. The Labute approximate surface area is 113 Å². The average molecular weight is 248 g/mol. The molecule has 2 aromatic carbocycles. The Morgan fingerprint density at radius 3 is 2.68 bits per heavy atom. The van der Waals surface area contributed by atoms with E-state index in [0.717, 1.165) is 12.2 Å². The van der Waals surface area contributed by atoms with Gasteiger partial charge >= 0.3 is 0 Å². The van der Waals surface area contributed by atoms with Gasteiger partial charge in [0.15, 0.2) is 0 Å². The molecule has 0 fully saturated rings. The minimum Gasteiger partial charge on any atom is -0.381 e. The van der Waals surface area contributed by atoms with Gasteiger partial charge in [0.05, 0.1) is 0 Å². The molecule has 2 heteroatoms. The van der Waals surface area contributed by atoms with Gasteiger partial charge in [-0.1, -0.05) is 30.3 Å². The molecule has 0 saturated carbocycles. The first-order valence-corrected chi connectivity index (χ1v) is 6.45. The SMILES string of the molecule is Cc1ccncc1CNc1ccc2ccccc2c1. The fraction of sp³-hybridized carbons (Fsp3) is 0.118. The lowest BCUT2D eigenvalue weighted by molar-refractivity contribution is 1.08. The van der Waals surface area contributed by atoms with E-state index in [2.05, 4.69) is 59.7 Å². The van der Waals surface area contributed by atoms with Crippen molar-refractivity contribution >= 4 is 16.5 Å². The van der Waals surface area contributed by atoms with Crippen LogP contribution in [0.4, 0.5) is 5.69 Å². The number of hydrogen-bond donors (Lipinski definition) is 1. The molecule has 1 aromatic heterocycles. The van der Waals surface area contributed by atoms with E-state index in [9.17, 15) is 0 Å². The van der Waals surface area contributed by atoms with Crippen LogP contribution >= 0.6 is 0 Å². The smallest absolute Gasteiger partial charge is 0.0418 e. The minimum absolute atomic E-state index is 0.804. The number of hydrogen-bond acceptors (Lipinski definition) is 2. The summed E-state index contributed by atoms with van der Waals surface area (Å²) in [4.78, 5) is 4.17. The van der Waals surface area contributed by atoms with E-state index in [-0.39, 0.29) is 0 Å². The van der Waals surface area contributed by atoms with Crippen LogP contribution < -0.4 is 5.32 Å². The summed E-state index contributed by atoms with van der Waals surface area (Å²) in [5.74, 6) is 0. The molecule has 0 bridgehead atoms. The molecular weight excluding hydrogens is 232 g/mol. The van der Waals surface area contributed by atoms with Gasteiger partial charge < -0.3 is 5.32 Å². The molecule has 94 valence electrons. The molecule has 0 spiro atoms. The number of aromatic nitrogens is 1. The van der Waals surface area contributed by atoms with Gasteiger partial charge in [0.25, 0.3) is 0 Å². The standard InChI is InChI=1S/C17H16N2/c1-13-8-9-18-11-16(13)12-19-17-7-6-14-4-2-3-5-15(14)10-17/h2-11,19H,12H2,1H3. The van der Waals surface area contributed by atoms with Crippen molar-refractivity contribution in [3.05, 3.63) is 72.1 Å². The summed E-state index contributed by atoms with van der Waals surface area (Å²) in [6.07, 6.45) is 3.75. The van der Waals surface area contributed by atoms with E-state index in [1.54, 1.807) is 0 Å². The number of aryl methyl sites for hydroxylation is 1. The maximum absolute atomic E-state index is 4.17. The Hall–Kier alpha value is -2.35. The van der Waals surface area contributed by atoms with Gasteiger partial charge in [0, 0.05) is 24.6 Å². The summed E-state index contributed by atoms with van der Waals surface area (Å²) >= 11 is 0. The Kier molecular flexibility index (Phi) is 3.15. The second kappa shape index (κ2) is 5.11. The zero-order valence-corrected chi connectivity index (χ0v) is 10.9. The molecule has 0 saturated heterocycles. The third-order valence-electron chi connectivity index (χ3n) is 3.38. The molecule has 0 aliphatic heterocycles. The molecule has 3 aromatic rings. The Balaban J connectivity index is 1.80. The molecule has 1 N–H and O–H groups in total. The van der Waals surface area contributed by atoms with Crippen LogP contribution in [0.25, 0.3) is 10.8 Å². The van der Waals surface area contributed by atoms with Crippen molar-refractivity contribution < 1.29 is 0 Å². The van der Waals surface area contributed by atoms with Gasteiger partial charge in [0.2, 0.25) is 0 Å². The summed E-state index contributed by atoms with van der Waals surface area (Å²) < 4.78 is 0. The Bertz CT molecular complexity index is 704. The Morgan fingerprint density at radius 1 is 1.00 bits per heavy atom. The largest absolute Gasteiger partial charge is 0.381 e. The molecule has 0 unspecified atom stereocenters. The van der Waals surface area contributed by atoms with Gasteiger partial charge in [-0.15, -0.1) is 0 Å². The highest BCUT2D eigenvalue weighted by Crippen LogP contribution is 2.19. The van der Waals surface area contributed by atoms with Crippen molar-refractivity contribution in [2.75, 3.05) is 5.32 Å². The molecule has 0 amide bonds. The number of anilines is 1. The topological polar surface area (TPSA) is 24.9 Å². The van der Waals surface area contributed by atoms with Crippen LogP contribution in [0.5, 0.6) is 0 Å². The Morgan fingerprint density at radius 2 is 1.84 bits per heavy atom. The normalized spacial score (nSPS) is 10.6. The van der Waals surface area contributed by atoms with Crippen molar-refractivity contribution in [1.82, 2.24) is 4.98 Å². The van der Waals surface area contributed by atoms with Crippen molar-refractivity contribution in [3.63, 3.8) is 0 Å². The van der Waals surface area contributed by atoms with Gasteiger partial charge in [-0.05, 0) is 47.0 Å². The summed E-state index contributed by atoms with van der Waals surface area (Å²) in [6.45, 7) is 2.91. The fourth-order valence-electron chi connectivity index (χ4n) is 2.18. The highest BCUT2D eigenvalue weighted by molar-refractivity contribution is 5.85. The predicted octanol–water partition coefficient (Wildman–Crippen LogP) is 4.16. The first-order chi connectivity index (χ1) is 9.33. The highest BCUT2D eigenvalue weighted by Gasteiger charge is 1.99. The molecule has 0 aliphatic carbocycles. The number of pyridine rings is 1. The monoisotopic (exact) mass is 248 g/mol. The quantitative estimate of drug-likeness (QED) is 0.753. The lowest BCUT2D eigenvalue weighted by Gasteiger charge is -2.09. The average Bonchev–Trinajstić information content (AvgIpc) is 2.46. The van der Waals surface area contributed by atoms with Crippen LogP contribution in [0.15, 0.2) is 60.9 Å². The lowest BCUT2D eigenvalue weighted by atomic mass is 10.1. The van der Waals surface area contributed by atoms with E-state index in [1.807, 2.05) is 18.5 Å². The van der Waals surface area contributed by atoms with E-state index in [1.165, 1.54) is 21.9 Å². The zero-order valence-electron chi connectivity index (χ0n) is 10.9. The molecule has 0 atom stereocenters. The first kappa shape index (κ1) is 11.7. The molecule has 0 aliphatic rings. The van der Waals surface area contributed by atoms with Crippen LogP contribution in [0, 0.1) is 6.92 Å². The number of fused-ring (bicyclic) bond motifs is 1. The summed E-state index contributed by atoms with van der Waals surface area (Å²) in [5, 5.41) is 5.98. The molecule has 19 heavy (non-hydrogen) atoms. The predicted molar refractivity (Wildman–Crippen MR) is 80.2 cm³/mol. The second-order valence-electron chi connectivity index (χ2n) is 4.72. The van der Waals surface area contributed by atoms with Crippen LogP contribution in [-0.2, 0) is 6.54 Å². The fourth-order valence-corrected chi connectivity index (χ4v) is 2.18. The maximum atomic E-state index is 4.17. The summed E-state index contributed by atoms with van der Waals surface area (Å²) in [5.41, 5.74) is 3.64. The van der Waals surface area contributed by atoms with Crippen molar-refractivity contribution in [1.29, 1.82) is 0 Å². The van der Waals surface area contributed by atoms with Gasteiger partial charge in [-0.3, -0.25) is 4.98 Å². The van der Waals surface area contributed by atoms with Gasteiger partial charge in [-0.2, -0.15) is 0 Å².